The summed E-state index contributed by atoms with van der Waals surface area (Å²) in [5.41, 5.74) is 0.298. The number of cyclic esters (lactones) is 1. The Bertz CT molecular complexity index is 463. The van der Waals surface area contributed by atoms with Crippen molar-refractivity contribution in [2.24, 2.45) is 0 Å². The van der Waals surface area contributed by atoms with E-state index >= 15 is 0 Å². The van der Waals surface area contributed by atoms with Crippen molar-refractivity contribution in [1.82, 2.24) is 4.98 Å². The van der Waals surface area contributed by atoms with E-state index in [9.17, 15) is 9.59 Å². The number of esters is 2. The predicted molar refractivity (Wildman–Crippen MR) is 61.3 cm³/mol. The molecule has 2 atom stereocenters. The van der Waals surface area contributed by atoms with Gasteiger partial charge in [-0.15, -0.1) is 0 Å². The van der Waals surface area contributed by atoms with E-state index in [1.54, 1.807) is 19.2 Å². The largest absolute Gasteiger partial charge is 0.460 e. The van der Waals surface area contributed by atoms with E-state index in [0.29, 0.717) is 16.5 Å². The first-order valence-electron chi connectivity index (χ1n) is 5.08. The van der Waals surface area contributed by atoms with E-state index < -0.39 is 18.0 Å². The monoisotopic (exact) mass is 299 g/mol. The van der Waals surface area contributed by atoms with Crippen LogP contribution in [0.2, 0.25) is 0 Å². The van der Waals surface area contributed by atoms with Crippen molar-refractivity contribution < 1.29 is 19.1 Å². The first-order chi connectivity index (χ1) is 8.06. The Morgan fingerprint density at radius 3 is 2.94 bits per heavy atom. The van der Waals surface area contributed by atoms with Crippen LogP contribution in [0.15, 0.2) is 22.9 Å². The van der Waals surface area contributed by atoms with Crippen LogP contribution in [0.25, 0.3) is 0 Å². The molecule has 1 aliphatic heterocycles. The smallest absolute Gasteiger partial charge is 0.347 e. The molecule has 0 amide bonds. The SMILES string of the molecule is CC1CC(OC(=O)c2cncc(Br)c2)C(=O)O1. The molecule has 0 aromatic carbocycles. The number of carbonyl (C=O) groups is 2. The van der Waals surface area contributed by atoms with Gasteiger partial charge < -0.3 is 9.47 Å². The molecule has 1 fully saturated rings. The van der Waals surface area contributed by atoms with Gasteiger partial charge in [0.25, 0.3) is 0 Å². The van der Waals surface area contributed by atoms with Crippen LogP contribution in [0, 0.1) is 0 Å². The molecule has 0 radical (unpaired) electrons. The zero-order chi connectivity index (χ0) is 12.4. The fourth-order valence-corrected chi connectivity index (χ4v) is 1.90. The van der Waals surface area contributed by atoms with Crippen molar-refractivity contribution in [3.8, 4) is 0 Å². The van der Waals surface area contributed by atoms with Gasteiger partial charge in [0, 0.05) is 23.3 Å². The van der Waals surface area contributed by atoms with Crippen LogP contribution in [0.3, 0.4) is 0 Å². The zero-order valence-corrected chi connectivity index (χ0v) is 10.6. The second-order valence-electron chi connectivity index (χ2n) is 3.77. The molecule has 2 unspecified atom stereocenters. The molecule has 1 aliphatic rings. The van der Waals surface area contributed by atoms with Crippen molar-refractivity contribution in [3.05, 3.63) is 28.5 Å². The summed E-state index contributed by atoms with van der Waals surface area (Å²) < 4.78 is 10.6. The van der Waals surface area contributed by atoms with Crippen LogP contribution in [-0.4, -0.2) is 29.1 Å². The van der Waals surface area contributed by atoms with Gasteiger partial charge in [0.1, 0.15) is 6.10 Å². The molecule has 5 nitrogen and oxygen atoms in total. The van der Waals surface area contributed by atoms with Gasteiger partial charge in [0.2, 0.25) is 6.10 Å². The second kappa shape index (κ2) is 4.83. The van der Waals surface area contributed by atoms with E-state index in [1.165, 1.54) is 6.20 Å². The third-order valence-corrected chi connectivity index (χ3v) is 2.75. The van der Waals surface area contributed by atoms with Crippen molar-refractivity contribution in [1.29, 1.82) is 0 Å². The molecule has 0 aliphatic carbocycles. The van der Waals surface area contributed by atoms with Crippen LogP contribution in [0.4, 0.5) is 0 Å². The predicted octanol–water partition coefficient (Wildman–Crippen LogP) is 1.70. The lowest BCUT2D eigenvalue weighted by molar-refractivity contribution is -0.147. The first kappa shape index (κ1) is 12.0. The second-order valence-corrected chi connectivity index (χ2v) is 4.68. The Balaban J connectivity index is 2.05. The van der Waals surface area contributed by atoms with E-state index in [4.69, 9.17) is 9.47 Å². The number of ether oxygens (including phenoxy) is 2. The molecule has 0 saturated carbocycles. The van der Waals surface area contributed by atoms with Gasteiger partial charge in [-0.3, -0.25) is 4.98 Å². The van der Waals surface area contributed by atoms with Gasteiger partial charge >= 0.3 is 11.9 Å². The minimum atomic E-state index is -0.809. The summed E-state index contributed by atoms with van der Waals surface area (Å²) >= 11 is 3.20. The maximum absolute atomic E-state index is 11.7. The van der Waals surface area contributed by atoms with Crippen LogP contribution in [0.1, 0.15) is 23.7 Å². The van der Waals surface area contributed by atoms with Gasteiger partial charge in [-0.25, -0.2) is 9.59 Å². The Kier molecular flexibility index (Phi) is 3.42. The number of pyridine rings is 1. The fourth-order valence-electron chi connectivity index (χ4n) is 1.54. The fraction of sp³-hybridized carbons (Fsp3) is 0.364. The summed E-state index contributed by atoms with van der Waals surface area (Å²) in [4.78, 5) is 26.9. The van der Waals surface area contributed by atoms with Crippen molar-refractivity contribution in [3.63, 3.8) is 0 Å². The average Bonchev–Trinajstić information content (AvgIpc) is 2.57. The summed E-state index contributed by atoms with van der Waals surface area (Å²) in [6.45, 7) is 1.76. The summed E-state index contributed by atoms with van der Waals surface area (Å²) in [6, 6.07) is 1.58. The molecular weight excluding hydrogens is 290 g/mol. The molecule has 0 spiro atoms. The third kappa shape index (κ3) is 2.82. The van der Waals surface area contributed by atoms with Gasteiger partial charge in [0.05, 0.1) is 5.56 Å². The maximum atomic E-state index is 11.7. The van der Waals surface area contributed by atoms with Gasteiger partial charge in [-0.1, -0.05) is 0 Å². The standard InChI is InChI=1S/C11H10BrNO4/c1-6-2-9(11(15)16-6)17-10(14)7-3-8(12)5-13-4-7/h3-6,9H,2H2,1H3. The topological polar surface area (TPSA) is 65.5 Å². The molecular formula is C11H10BrNO4. The zero-order valence-electron chi connectivity index (χ0n) is 9.05. The number of halogens is 1. The molecule has 0 bridgehead atoms. The maximum Gasteiger partial charge on any atom is 0.347 e. The molecule has 2 rings (SSSR count). The molecule has 1 saturated heterocycles. The molecule has 6 heteroatoms. The summed E-state index contributed by atoms with van der Waals surface area (Å²) in [5, 5.41) is 0. The van der Waals surface area contributed by atoms with Crippen molar-refractivity contribution in [2.75, 3.05) is 0 Å². The molecule has 1 aromatic rings. The molecule has 0 N–H and O–H groups in total. The highest BCUT2D eigenvalue weighted by molar-refractivity contribution is 9.10. The highest BCUT2D eigenvalue weighted by Gasteiger charge is 2.35. The highest BCUT2D eigenvalue weighted by atomic mass is 79.9. The van der Waals surface area contributed by atoms with Gasteiger partial charge in [-0.05, 0) is 28.9 Å². The number of carbonyl (C=O) groups excluding carboxylic acids is 2. The number of hydrogen-bond acceptors (Lipinski definition) is 5. The highest BCUT2D eigenvalue weighted by Crippen LogP contribution is 2.19. The average molecular weight is 300 g/mol. The van der Waals surface area contributed by atoms with Gasteiger partial charge in [0.15, 0.2) is 0 Å². The Labute approximate surface area is 106 Å². The lowest BCUT2D eigenvalue weighted by Crippen LogP contribution is -2.22. The van der Waals surface area contributed by atoms with Crippen LogP contribution in [0.5, 0.6) is 0 Å². The van der Waals surface area contributed by atoms with E-state index in [-0.39, 0.29) is 6.10 Å². The number of aromatic nitrogens is 1. The van der Waals surface area contributed by atoms with Crippen molar-refractivity contribution in [2.45, 2.75) is 25.6 Å². The summed E-state index contributed by atoms with van der Waals surface area (Å²) in [5.74, 6) is -1.07. The minimum Gasteiger partial charge on any atom is -0.460 e. The summed E-state index contributed by atoms with van der Waals surface area (Å²) in [7, 11) is 0. The number of hydrogen-bond donors (Lipinski definition) is 0. The molecule has 2 heterocycles. The lowest BCUT2D eigenvalue weighted by atomic mass is 10.2. The van der Waals surface area contributed by atoms with Crippen LogP contribution in [-0.2, 0) is 14.3 Å². The normalized spacial score (nSPS) is 23.3. The lowest BCUT2D eigenvalue weighted by Gasteiger charge is -2.07. The van der Waals surface area contributed by atoms with Gasteiger partial charge in [-0.2, -0.15) is 0 Å². The summed E-state index contributed by atoms with van der Waals surface area (Å²) in [6.07, 6.45) is 2.32. The number of nitrogens with zero attached hydrogens (tertiary/aromatic N) is 1. The Morgan fingerprint density at radius 1 is 1.59 bits per heavy atom. The Hall–Kier alpha value is -1.43. The van der Waals surface area contributed by atoms with Crippen molar-refractivity contribution >= 4 is 27.9 Å². The molecule has 17 heavy (non-hydrogen) atoms. The van der Waals surface area contributed by atoms with Crippen LogP contribution >= 0.6 is 15.9 Å². The minimum absolute atomic E-state index is 0.207. The number of rotatable bonds is 2. The van der Waals surface area contributed by atoms with E-state index in [1.807, 2.05) is 0 Å². The Morgan fingerprint density at radius 2 is 2.35 bits per heavy atom. The van der Waals surface area contributed by atoms with Crippen LogP contribution < -0.4 is 0 Å². The van der Waals surface area contributed by atoms with E-state index in [0.717, 1.165) is 0 Å². The van der Waals surface area contributed by atoms with E-state index in [2.05, 4.69) is 20.9 Å². The molecule has 1 aromatic heterocycles. The third-order valence-electron chi connectivity index (χ3n) is 2.32. The first-order valence-corrected chi connectivity index (χ1v) is 5.87. The molecule has 90 valence electrons. The quantitative estimate of drug-likeness (QED) is 0.778.